The largest absolute Gasteiger partial charge is 0.299 e. The van der Waals surface area contributed by atoms with Crippen LogP contribution in [0.3, 0.4) is 0 Å². The van der Waals surface area contributed by atoms with E-state index in [0.717, 1.165) is 0 Å². The van der Waals surface area contributed by atoms with Gasteiger partial charge in [0, 0.05) is 44.7 Å². The summed E-state index contributed by atoms with van der Waals surface area (Å²) < 4.78 is 26.9. The number of hydrogen-bond donors (Lipinski definition) is 0. The molecule has 0 saturated carbocycles. The van der Waals surface area contributed by atoms with Crippen LogP contribution in [0.4, 0.5) is 0 Å². The Bertz CT molecular complexity index is 813. The first-order valence-corrected chi connectivity index (χ1v) is 9.92. The molecule has 1 fully saturated rings. The number of sulfonamides is 1. The Labute approximate surface area is 154 Å². The van der Waals surface area contributed by atoms with Crippen molar-refractivity contribution in [1.82, 2.24) is 9.21 Å². The molecule has 1 aromatic carbocycles. The van der Waals surface area contributed by atoms with E-state index in [4.69, 9.17) is 10.5 Å². The average molecular weight is 374 g/mol. The van der Waals surface area contributed by atoms with E-state index in [1.807, 2.05) is 6.07 Å². The van der Waals surface area contributed by atoms with Crippen LogP contribution in [0.25, 0.3) is 0 Å². The fourth-order valence-corrected chi connectivity index (χ4v) is 4.33. The molecule has 1 saturated heterocycles. The van der Waals surface area contributed by atoms with Gasteiger partial charge in [0.1, 0.15) is 0 Å². The molecule has 0 N–H and O–H groups in total. The molecule has 0 aromatic heterocycles. The minimum atomic E-state index is -3.59. The highest BCUT2D eigenvalue weighted by atomic mass is 32.2. The number of nitrogens with zero attached hydrogens (tertiary/aromatic N) is 4. The fraction of sp³-hybridized carbons (Fsp3) is 0.500. The Morgan fingerprint density at radius 3 is 2.27 bits per heavy atom. The van der Waals surface area contributed by atoms with Crippen molar-refractivity contribution in [3.63, 3.8) is 0 Å². The van der Waals surface area contributed by atoms with E-state index in [-0.39, 0.29) is 16.6 Å². The van der Waals surface area contributed by atoms with Crippen LogP contribution >= 0.6 is 0 Å². The normalized spacial score (nSPS) is 17.2. The maximum atomic E-state index is 12.7. The molecule has 1 aliphatic rings. The Balaban J connectivity index is 1.97. The summed E-state index contributed by atoms with van der Waals surface area (Å²) in [5.74, 6) is -0.317. The molecule has 1 unspecified atom stereocenters. The molecule has 0 amide bonds. The molecule has 0 spiro atoms. The number of benzene rings is 1. The molecule has 26 heavy (non-hydrogen) atoms. The monoisotopic (exact) mass is 374 g/mol. The predicted octanol–water partition coefficient (Wildman–Crippen LogP) is 1.64. The second-order valence-electron chi connectivity index (χ2n) is 6.31. The van der Waals surface area contributed by atoms with E-state index in [2.05, 4.69) is 11.0 Å². The van der Waals surface area contributed by atoms with Gasteiger partial charge in [-0.2, -0.15) is 14.8 Å². The first-order chi connectivity index (χ1) is 12.4. The molecule has 8 heteroatoms. The molecular weight excluding hydrogens is 352 g/mol. The second-order valence-corrected chi connectivity index (χ2v) is 8.25. The van der Waals surface area contributed by atoms with Crippen LogP contribution in [0.2, 0.25) is 0 Å². The Hall–Kier alpha value is -2.26. The summed E-state index contributed by atoms with van der Waals surface area (Å²) >= 11 is 0. The minimum Gasteiger partial charge on any atom is -0.299 e. The van der Waals surface area contributed by atoms with Crippen LogP contribution in [-0.4, -0.2) is 56.1 Å². The van der Waals surface area contributed by atoms with E-state index in [1.54, 1.807) is 0 Å². The molecule has 7 nitrogen and oxygen atoms in total. The van der Waals surface area contributed by atoms with E-state index in [1.165, 1.54) is 35.5 Å². The number of carbonyl (C=O) groups excluding carboxylic acids is 1. The van der Waals surface area contributed by atoms with Gasteiger partial charge < -0.3 is 0 Å². The molecule has 138 valence electrons. The molecule has 2 rings (SSSR count). The lowest BCUT2D eigenvalue weighted by Gasteiger charge is -2.34. The average Bonchev–Trinajstić information content (AvgIpc) is 2.65. The molecule has 0 bridgehead atoms. The summed E-state index contributed by atoms with van der Waals surface area (Å²) in [4.78, 5) is 13.6. The quantitative estimate of drug-likeness (QED) is 0.672. The van der Waals surface area contributed by atoms with Crippen LogP contribution in [-0.2, 0) is 10.0 Å². The van der Waals surface area contributed by atoms with Crippen LogP contribution in [0, 0.1) is 28.6 Å². The summed E-state index contributed by atoms with van der Waals surface area (Å²) in [6, 6.07) is 10.2. The maximum absolute atomic E-state index is 12.7. The Morgan fingerprint density at radius 2 is 1.77 bits per heavy atom. The molecule has 1 aromatic rings. The van der Waals surface area contributed by atoms with Crippen molar-refractivity contribution in [1.29, 1.82) is 10.5 Å². The molecular formula is C18H22N4O3S. The SMILES string of the molecule is CC(=O)c1ccc(S(=O)(=O)N2CCN(CC(C#N)CCC#N)CC2)cc1. The smallest absolute Gasteiger partial charge is 0.243 e. The summed E-state index contributed by atoms with van der Waals surface area (Å²) in [6.07, 6.45) is 0.886. The van der Waals surface area contributed by atoms with Gasteiger partial charge in [0.2, 0.25) is 10.0 Å². The summed E-state index contributed by atoms with van der Waals surface area (Å²) in [5, 5.41) is 17.8. The van der Waals surface area contributed by atoms with Crippen LogP contribution in [0.15, 0.2) is 29.2 Å². The number of Topliss-reactive ketones (excluding diaryl/α,β-unsaturated/α-hetero) is 1. The lowest BCUT2D eigenvalue weighted by molar-refractivity contribution is 0.101. The highest BCUT2D eigenvalue weighted by Gasteiger charge is 2.29. The third-order valence-electron chi connectivity index (χ3n) is 4.50. The van der Waals surface area contributed by atoms with Gasteiger partial charge in [0.05, 0.1) is 23.0 Å². The minimum absolute atomic E-state index is 0.106. The van der Waals surface area contributed by atoms with Gasteiger partial charge >= 0.3 is 0 Å². The molecule has 1 heterocycles. The molecule has 1 atom stereocenters. The van der Waals surface area contributed by atoms with Gasteiger partial charge in [-0.3, -0.25) is 9.69 Å². The Morgan fingerprint density at radius 1 is 1.15 bits per heavy atom. The second kappa shape index (κ2) is 8.91. The highest BCUT2D eigenvalue weighted by Crippen LogP contribution is 2.19. The zero-order chi connectivity index (χ0) is 19.2. The number of nitriles is 2. The molecule has 1 aliphatic heterocycles. The van der Waals surface area contributed by atoms with E-state index in [9.17, 15) is 13.2 Å². The third-order valence-corrected chi connectivity index (χ3v) is 6.41. The number of rotatable bonds is 7. The van der Waals surface area contributed by atoms with E-state index in [0.29, 0.717) is 51.1 Å². The van der Waals surface area contributed by atoms with Crippen molar-refractivity contribution in [3.8, 4) is 12.1 Å². The lowest BCUT2D eigenvalue weighted by Crippen LogP contribution is -2.49. The first-order valence-electron chi connectivity index (χ1n) is 8.48. The summed E-state index contributed by atoms with van der Waals surface area (Å²) in [6.45, 7) is 3.80. The van der Waals surface area contributed by atoms with Gasteiger partial charge in [-0.05, 0) is 25.5 Å². The van der Waals surface area contributed by atoms with Crippen molar-refractivity contribution in [2.45, 2.75) is 24.7 Å². The van der Waals surface area contributed by atoms with Crippen LogP contribution < -0.4 is 0 Å². The predicted molar refractivity (Wildman–Crippen MR) is 95.6 cm³/mol. The maximum Gasteiger partial charge on any atom is 0.243 e. The van der Waals surface area contributed by atoms with Gasteiger partial charge in [-0.15, -0.1) is 0 Å². The van der Waals surface area contributed by atoms with Crippen molar-refractivity contribution >= 4 is 15.8 Å². The molecule has 0 aliphatic carbocycles. The number of carbonyl (C=O) groups is 1. The van der Waals surface area contributed by atoms with Crippen molar-refractivity contribution in [2.24, 2.45) is 5.92 Å². The standard InChI is InChI=1S/C18H22N4O3S/c1-15(23)17-4-6-18(7-5-17)26(24,25)22-11-9-21(10-12-22)14-16(13-20)3-2-8-19/h4-7,16H,2-3,9-12,14H2,1H3. The van der Waals surface area contributed by atoms with Crippen molar-refractivity contribution < 1.29 is 13.2 Å². The summed E-state index contributed by atoms with van der Waals surface area (Å²) in [5.41, 5.74) is 0.480. The van der Waals surface area contributed by atoms with E-state index < -0.39 is 10.0 Å². The fourth-order valence-electron chi connectivity index (χ4n) is 2.91. The first kappa shape index (κ1) is 20.1. The topological polar surface area (TPSA) is 105 Å². The van der Waals surface area contributed by atoms with Gasteiger partial charge in [-0.25, -0.2) is 8.42 Å². The highest BCUT2D eigenvalue weighted by molar-refractivity contribution is 7.89. The van der Waals surface area contributed by atoms with Gasteiger partial charge in [0.15, 0.2) is 5.78 Å². The van der Waals surface area contributed by atoms with Crippen molar-refractivity contribution in [3.05, 3.63) is 29.8 Å². The van der Waals surface area contributed by atoms with Crippen LogP contribution in [0.1, 0.15) is 30.1 Å². The van der Waals surface area contributed by atoms with E-state index >= 15 is 0 Å². The zero-order valence-corrected chi connectivity index (χ0v) is 15.6. The zero-order valence-electron chi connectivity index (χ0n) is 14.8. The molecule has 0 radical (unpaired) electrons. The third kappa shape index (κ3) is 4.89. The number of piperazine rings is 1. The van der Waals surface area contributed by atoms with Gasteiger partial charge in [0.25, 0.3) is 0 Å². The van der Waals surface area contributed by atoms with Crippen molar-refractivity contribution in [2.75, 3.05) is 32.7 Å². The number of hydrogen-bond acceptors (Lipinski definition) is 6. The van der Waals surface area contributed by atoms with Gasteiger partial charge in [-0.1, -0.05) is 12.1 Å². The Kier molecular flexibility index (Phi) is 6.87. The summed E-state index contributed by atoms with van der Waals surface area (Å²) in [7, 11) is -3.59. The number of ketones is 1. The lowest BCUT2D eigenvalue weighted by atomic mass is 10.0. The van der Waals surface area contributed by atoms with Crippen LogP contribution in [0.5, 0.6) is 0 Å².